The molecule has 0 saturated carbocycles. The van der Waals surface area contributed by atoms with Crippen LogP contribution in [0.1, 0.15) is 6.23 Å². The highest BCUT2D eigenvalue weighted by molar-refractivity contribution is 5.68. The molecule has 12 heteroatoms. The minimum absolute atomic E-state index is 0.145. The molecule has 132 valence electrons. The molecule has 11 nitrogen and oxygen atoms in total. The Hall–Kier alpha value is -2.92. The van der Waals surface area contributed by atoms with Crippen LogP contribution in [0.2, 0.25) is 0 Å². The van der Waals surface area contributed by atoms with E-state index in [1.165, 1.54) is 6.26 Å². The second-order valence-electron chi connectivity index (χ2n) is 5.30. The number of furan rings is 1. The number of aliphatic hydroxyl groups excluding tert-OH is 2. The van der Waals surface area contributed by atoms with Gasteiger partial charge >= 0.3 is 5.69 Å². The Morgan fingerprint density at radius 3 is 2.96 bits per heavy atom. The number of nitrogen functional groups attached to an aromatic ring is 1. The van der Waals surface area contributed by atoms with E-state index in [1.54, 1.807) is 12.1 Å². The van der Waals surface area contributed by atoms with Gasteiger partial charge in [-0.1, -0.05) is 5.11 Å². The Kier molecular flexibility index (Phi) is 4.18. The van der Waals surface area contributed by atoms with E-state index in [1.807, 2.05) is 0 Å². The van der Waals surface area contributed by atoms with Crippen LogP contribution in [0.15, 0.2) is 38.9 Å². The fourth-order valence-electron chi connectivity index (χ4n) is 2.57. The van der Waals surface area contributed by atoms with Gasteiger partial charge < -0.3 is 25.1 Å². The van der Waals surface area contributed by atoms with Gasteiger partial charge in [0.15, 0.2) is 12.4 Å². The molecule has 3 rings (SSSR count). The third-order valence-corrected chi connectivity index (χ3v) is 3.84. The van der Waals surface area contributed by atoms with Gasteiger partial charge in [-0.05, 0) is 17.7 Å². The molecule has 1 fully saturated rings. The second-order valence-corrected chi connectivity index (χ2v) is 5.30. The quantitative estimate of drug-likeness (QED) is 0.403. The summed E-state index contributed by atoms with van der Waals surface area (Å²) in [7, 11) is 0. The van der Waals surface area contributed by atoms with Crippen molar-refractivity contribution in [2.45, 2.75) is 24.2 Å². The third kappa shape index (κ3) is 2.62. The number of halogens is 1. The summed E-state index contributed by atoms with van der Waals surface area (Å²) in [4.78, 5) is 18.1. The molecule has 0 unspecified atom stereocenters. The number of rotatable bonds is 4. The van der Waals surface area contributed by atoms with Crippen LogP contribution in [-0.4, -0.2) is 44.4 Å². The maximum absolute atomic E-state index is 14.5. The van der Waals surface area contributed by atoms with E-state index in [4.69, 9.17) is 20.4 Å². The number of nitrogens with two attached hydrogens (primary N) is 1. The van der Waals surface area contributed by atoms with Crippen molar-refractivity contribution < 1.29 is 23.8 Å². The first-order valence-corrected chi connectivity index (χ1v) is 7.03. The molecule has 3 heterocycles. The lowest BCUT2D eigenvalue weighted by Gasteiger charge is -2.23. The molecule has 2 aromatic heterocycles. The summed E-state index contributed by atoms with van der Waals surface area (Å²) in [6.07, 6.45) is -3.34. The average Bonchev–Trinajstić information content (AvgIpc) is 3.19. The molecule has 1 aliphatic heterocycles. The second kappa shape index (κ2) is 6.18. The van der Waals surface area contributed by atoms with E-state index in [9.17, 15) is 19.4 Å². The number of ether oxygens (including phenoxy) is 1. The number of azide groups is 1. The minimum Gasteiger partial charge on any atom is -0.464 e. The molecule has 1 saturated heterocycles. The highest BCUT2D eigenvalue weighted by Crippen LogP contribution is 2.40. The smallest absolute Gasteiger partial charge is 0.351 e. The van der Waals surface area contributed by atoms with Gasteiger partial charge in [0.25, 0.3) is 0 Å². The van der Waals surface area contributed by atoms with E-state index in [0.717, 1.165) is 10.8 Å². The van der Waals surface area contributed by atoms with Crippen molar-refractivity contribution in [1.29, 1.82) is 0 Å². The van der Waals surface area contributed by atoms with Crippen molar-refractivity contribution in [3.63, 3.8) is 0 Å². The fourth-order valence-corrected chi connectivity index (χ4v) is 2.57. The van der Waals surface area contributed by atoms with Crippen LogP contribution < -0.4 is 11.4 Å². The summed E-state index contributed by atoms with van der Waals surface area (Å²) < 4.78 is 25.6. The predicted molar refractivity (Wildman–Crippen MR) is 80.6 cm³/mol. The van der Waals surface area contributed by atoms with Crippen molar-refractivity contribution in [2.24, 2.45) is 5.11 Å². The van der Waals surface area contributed by atoms with Crippen LogP contribution in [0.5, 0.6) is 0 Å². The number of hydrogen-bond acceptors (Lipinski definition) is 8. The number of aliphatic hydroxyl groups is 2. The lowest BCUT2D eigenvalue weighted by atomic mass is 10.1. The maximum atomic E-state index is 14.5. The molecule has 1 aliphatic rings. The Balaban J connectivity index is 2.09. The summed E-state index contributed by atoms with van der Waals surface area (Å²) in [6, 6.07) is 3.13. The molecule has 0 spiro atoms. The van der Waals surface area contributed by atoms with Gasteiger partial charge in [0.05, 0.1) is 18.4 Å². The van der Waals surface area contributed by atoms with Crippen LogP contribution in [0, 0.1) is 0 Å². The highest BCUT2D eigenvalue weighted by atomic mass is 19.1. The number of hydrogen-bond donors (Lipinski definition) is 3. The minimum atomic E-state index is -2.26. The molecule has 0 radical (unpaired) electrons. The first-order valence-electron chi connectivity index (χ1n) is 7.03. The molecule has 4 N–H and O–H groups in total. The Labute approximate surface area is 138 Å². The fraction of sp³-hybridized carbons (Fsp3) is 0.385. The topological polar surface area (TPSA) is 172 Å². The van der Waals surface area contributed by atoms with Crippen LogP contribution in [0.25, 0.3) is 21.8 Å². The highest BCUT2D eigenvalue weighted by Gasteiger charge is 2.56. The summed E-state index contributed by atoms with van der Waals surface area (Å²) in [6.45, 7) is -0.989. The van der Waals surface area contributed by atoms with Crippen LogP contribution >= 0.6 is 0 Å². The SMILES string of the molecule is [N-]=[N+]=N[C@]1(CO)O[C@H](n2cc(-c3ccco3)c(N)nc2=O)[C@@H](F)[C@@H]1O. The molecule has 0 aromatic carbocycles. The standard InChI is InChI=1S/C13H13FN6O5/c14-8-9(22)13(5-21,18-19-16)25-11(8)20-4-6(7-2-1-3-24-7)10(15)17-12(20)23/h1-4,8-9,11,21-22H,5H2,(H2,15,17,23)/t8-,9-,11-,13+/m0/s1. The molecule has 4 atom stereocenters. The van der Waals surface area contributed by atoms with Crippen LogP contribution in [-0.2, 0) is 4.74 Å². The van der Waals surface area contributed by atoms with Crippen molar-refractivity contribution in [1.82, 2.24) is 9.55 Å². The number of alkyl halides is 1. The summed E-state index contributed by atoms with van der Waals surface area (Å²) in [5.74, 6) is 0.129. The van der Waals surface area contributed by atoms with Gasteiger partial charge in [0.2, 0.25) is 5.72 Å². The molecular weight excluding hydrogens is 339 g/mol. The van der Waals surface area contributed by atoms with Gasteiger partial charge in [-0.25, -0.2) is 9.18 Å². The van der Waals surface area contributed by atoms with Crippen LogP contribution in [0.3, 0.4) is 0 Å². The van der Waals surface area contributed by atoms with Crippen molar-refractivity contribution >= 4 is 5.82 Å². The molecule has 25 heavy (non-hydrogen) atoms. The summed E-state index contributed by atoms with van der Waals surface area (Å²) in [5, 5.41) is 22.5. The zero-order chi connectivity index (χ0) is 18.2. The monoisotopic (exact) mass is 352 g/mol. The molecule has 0 amide bonds. The lowest BCUT2D eigenvalue weighted by molar-refractivity contribution is -0.124. The predicted octanol–water partition coefficient (Wildman–Crippen LogP) is 0.312. The van der Waals surface area contributed by atoms with Crippen molar-refractivity contribution in [2.75, 3.05) is 12.3 Å². The van der Waals surface area contributed by atoms with E-state index in [2.05, 4.69) is 15.0 Å². The van der Waals surface area contributed by atoms with Gasteiger partial charge in [0.1, 0.15) is 17.7 Å². The van der Waals surface area contributed by atoms with Gasteiger partial charge in [-0.15, -0.1) is 0 Å². The lowest BCUT2D eigenvalue weighted by Crippen LogP contribution is -2.43. The Bertz CT molecular complexity index is 880. The molecule has 2 aromatic rings. The van der Waals surface area contributed by atoms with Gasteiger partial charge in [-0.2, -0.15) is 4.98 Å². The first kappa shape index (κ1) is 16.9. The van der Waals surface area contributed by atoms with E-state index >= 15 is 0 Å². The maximum Gasteiger partial charge on any atom is 0.351 e. The van der Waals surface area contributed by atoms with Gasteiger partial charge in [-0.3, -0.25) is 4.57 Å². The summed E-state index contributed by atoms with van der Waals surface area (Å²) in [5.41, 5.74) is 11.2. The average molecular weight is 352 g/mol. The van der Waals surface area contributed by atoms with Gasteiger partial charge in [0, 0.05) is 11.1 Å². The molecular formula is C13H13FN6O5. The normalized spacial score (nSPS) is 28.7. The van der Waals surface area contributed by atoms with E-state index in [0.29, 0.717) is 0 Å². The number of anilines is 1. The Morgan fingerprint density at radius 2 is 2.36 bits per heavy atom. The van der Waals surface area contributed by atoms with E-state index in [-0.39, 0.29) is 17.1 Å². The van der Waals surface area contributed by atoms with E-state index < -0.39 is 36.5 Å². The molecule has 0 aliphatic carbocycles. The molecule has 0 bridgehead atoms. The zero-order valence-electron chi connectivity index (χ0n) is 12.6. The zero-order valence-corrected chi connectivity index (χ0v) is 12.6. The largest absolute Gasteiger partial charge is 0.464 e. The van der Waals surface area contributed by atoms with Crippen molar-refractivity contribution in [3.05, 3.63) is 45.5 Å². The third-order valence-electron chi connectivity index (χ3n) is 3.84. The van der Waals surface area contributed by atoms with Crippen LogP contribution in [0.4, 0.5) is 10.2 Å². The summed E-state index contributed by atoms with van der Waals surface area (Å²) >= 11 is 0. The van der Waals surface area contributed by atoms with Crippen molar-refractivity contribution in [3.8, 4) is 11.3 Å². The number of aromatic nitrogens is 2. The Morgan fingerprint density at radius 1 is 1.60 bits per heavy atom. The first-order chi connectivity index (χ1) is 11.9. The number of nitrogens with zero attached hydrogens (tertiary/aromatic N) is 5.